The van der Waals surface area contributed by atoms with Crippen LogP contribution in [0.15, 0.2) is 60.8 Å². The van der Waals surface area contributed by atoms with Crippen molar-refractivity contribution >= 4 is 17.9 Å². The third-order valence-electron chi connectivity index (χ3n) is 11.5. The van der Waals surface area contributed by atoms with E-state index in [0.717, 1.165) is 103 Å². The molecule has 0 heterocycles. The molecule has 0 bridgehead atoms. The van der Waals surface area contributed by atoms with E-state index in [2.05, 4.69) is 81.5 Å². The van der Waals surface area contributed by atoms with E-state index in [1.807, 2.05) is 0 Å². The Kier molecular flexibility index (Phi) is 49.4. The van der Waals surface area contributed by atoms with Gasteiger partial charge in [0.1, 0.15) is 13.2 Å². The summed E-state index contributed by atoms with van der Waals surface area (Å²) in [5.41, 5.74) is 0. The Bertz CT molecular complexity index is 1150. The fourth-order valence-electron chi connectivity index (χ4n) is 7.49. The van der Waals surface area contributed by atoms with Gasteiger partial charge in [0.15, 0.2) is 6.10 Å². The maximum Gasteiger partial charge on any atom is 0.306 e. The number of carbonyl (C=O) groups is 3. The number of hydrogen-bond acceptors (Lipinski definition) is 6. The topological polar surface area (TPSA) is 78.9 Å². The molecule has 6 nitrogen and oxygen atoms in total. The lowest BCUT2D eigenvalue weighted by molar-refractivity contribution is -0.167. The van der Waals surface area contributed by atoms with Crippen LogP contribution in [0.3, 0.4) is 0 Å². The minimum absolute atomic E-state index is 0.0815. The molecule has 0 saturated carbocycles. The molecule has 0 aliphatic heterocycles. The maximum atomic E-state index is 12.8. The van der Waals surface area contributed by atoms with E-state index >= 15 is 0 Å². The van der Waals surface area contributed by atoms with Crippen molar-refractivity contribution in [3.05, 3.63) is 60.8 Å². The molecular weight excluding hydrogens is 781 g/mol. The van der Waals surface area contributed by atoms with Crippen molar-refractivity contribution in [3.63, 3.8) is 0 Å². The minimum Gasteiger partial charge on any atom is -0.462 e. The highest BCUT2D eigenvalue weighted by molar-refractivity contribution is 5.71. The molecular formula is C57H100O6. The highest BCUT2D eigenvalue weighted by Crippen LogP contribution is 2.16. The predicted octanol–water partition coefficient (Wildman–Crippen LogP) is 17.6. The van der Waals surface area contributed by atoms with Crippen molar-refractivity contribution in [2.45, 2.75) is 271 Å². The summed E-state index contributed by atoms with van der Waals surface area (Å²) >= 11 is 0. The molecule has 0 fully saturated rings. The largest absolute Gasteiger partial charge is 0.462 e. The summed E-state index contributed by atoms with van der Waals surface area (Å²) in [6.07, 6.45) is 63.5. The van der Waals surface area contributed by atoms with Gasteiger partial charge < -0.3 is 14.2 Å². The second-order valence-electron chi connectivity index (χ2n) is 17.8. The van der Waals surface area contributed by atoms with Gasteiger partial charge in [0.25, 0.3) is 0 Å². The van der Waals surface area contributed by atoms with Crippen molar-refractivity contribution < 1.29 is 28.6 Å². The molecule has 0 aromatic heterocycles. The van der Waals surface area contributed by atoms with Crippen LogP contribution in [0.1, 0.15) is 265 Å². The normalized spacial score (nSPS) is 12.5. The van der Waals surface area contributed by atoms with Crippen molar-refractivity contribution in [2.24, 2.45) is 0 Å². The Morgan fingerprint density at radius 3 is 1.05 bits per heavy atom. The van der Waals surface area contributed by atoms with Gasteiger partial charge in [0.2, 0.25) is 0 Å². The molecule has 0 aromatic rings. The van der Waals surface area contributed by atoms with Gasteiger partial charge in [0.05, 0.1) is 0 Å². The monoisotopic (exact) mass is 881 g/mol. The van der Waals surface area contributed by atoms with Gasteiger partial charge in [-0.15, -0.1) is 0 Å². The third kappa shape index (κ3) is 50.0. The zero-order valence-corrected chi connectivity index (χ0v) is 41.6. The summed E-state index contributed by atoms with van der Waals surface area (Å²) in [7, 11) is 0. The summed E-state index contributed by atoms with van der Waals surface area (Å²) in [4.78, 5) is 38.0. The average Bonchev–Trinajstić information content (AvgIpc) is 3.28. The molecule has 0 rings (SSSR count). The molecule has 6 heteroatoms. The van der Waals surface area contributed by atoms with E-state index in [9.17, 15) is 14.4 Å². The van der Waals surface area contributed by atoms with Gasteiger partial charge in [-0.05, 0) is 77.0 Å². The summed E-state index contributed by atoms with van der Waals surface area (Å²) in [5, 5.41) is 0. The highest BCUT2D eigenvalue weighted by atomic mass is 16.6. The van der Waals surface area contributed by atoms with Crippen LogP contribution < -0.4 is 0 Å². The Hall–Kier alpha value is -2.89. The molecule has 63 heavy (non-hydrogen) atoms. The molecule has 0 amide bonds. The highest BCUT2D eigenvalue weighted by Gasteiger charge is 2.19. The lowest BCUT2D eigenvalue weighted by Crippen LogP contribution is -2.30. The fraction of sp³-hybridized carbons (Fsp3) is 0.772. The van der Waals surface area contributed by atoms with Crippen LogP contribution in [0.2, 0.25) is 0 Å². The first-order valence-electron chi connectivity index (χ1n) is 26.8. The molecule has 0 aliphatic carbocycles. The van der Waals surface area contributed by atoms with Crippen LogP contribution in [0.4, 0.5) is 0 Å². The molecule has 0 aromatic carbocycles. The lowest BCUT2D eigenvalue weighted by Gasteiger charge is -2.18. The summed E-state index contributed by atoms with van der Waals surface area (Å²) in [6, 6.07) is 0. The number of esters is 3. The minimum atomic E-state index is -0.780. The van der Waals surface area contributed by atoms with Crippen LogP contribution in [0, 0.1) is 0 Å². The van der Waals surface area contributed by atoms with Gasteiger partial charge in [-0.1, -0.05) is 229 Å². The molecule has 0 N–H and O–H groups in total. The standard InChI is InChI=1S/C57H100O6/c1-4-7-10-13-16-19-22-24-26-28-29-30-32-33-35-38-41-44-47-50-56(59)62-53-54(52-61-55(58)49-46-43-40-37-21-18-15-12-9-6-3)63-57(60)51-48-45-42-39-36-34-31-27-25-23-20-17-14-11-8-5-2/h7,10,12,15-16,19,24,26,29-30,54H,4-6,8-9,11,13-14,17-18,20-23,25,27-28,31-53H2,1-3H3/b10-7-,15-12-,19-16-,26-24-,30-29-. The van der Waals surface area contributed by atoms with Crippen molar-refractivity contribution in [1.29, 1.82) is 0 Å². The van der Waals surface area contributed by atoms with Crippen LogP contribution >= 0.6 is 0 Å². The van der Waals surface area contributed by atoms with E-state index in [1.165, 1.54) is 122 Å². The Labute approximate surface area is 390 Å². The van der Waals surface area contributed by atoms with Crippen LogP contribution in [-0.4, -0.2) is 37.2 Å². The molecule has 0 radical (unpaired) electrons. The number of carbonyl (C=O) groups excluding carboxylic acids is 3. The number of allylic oxidation sites excluding steroid dienone is 10. The first-order valence-corrected chi connectivity index (χ1v) is 26.8. The summed E-state index contributed by atoms with van der Waals surface area (Å²) in [5.74, 6) is -0.898. The molecule has 1 unspecified atom stereocenters. The van der Waals surface area contributed by atoms with Gasteiger partial charge in [-0.25, -0.2) is 0 Å². The van der Waals surface area contributed by atoms with Gasteiger partial charge in [-0.2, -0.15) is 0 Å². The molecule has 1 atom stereocenters. The Morgan fingerprint density at radius 1 is 0.333 bits per heavy atom. The van der Waals surface area contributed by atoms with Crippen LogP contribution in [0.5, 0.6) is 0 Å². The zero-order chi connectivity index (χ0) is 45.8. The maximum absolute atomic E-state index is 12.8. The van der Waals surface area contributed by atoms with E-state index in [-0.39, 0.29) is 31.1 Å². The average molecular weight is 881 g/mol. The van der Waals surface area contributed by atoms with Crippen LogP contribution in [0.25, 0.3) is 0 Å². The number of hydrogen-bond donors (Lipinski definition) is 0. The molecule has 364 valence electrons. The lowest BCUT2D eigenvalue weighted by atomic mass is 10.0. The van der Waals surface area contributed by atoms with Crippen molar-refractivity contribution in [2.75, 3.05) is 13.2 Å². The summed E-state index contributed by atoms with van der Waals surface area (Å²) < 4.78 is 16.8. The van der Waals surface area contributed by atoms with Gasteiger partial charge in [-0.3, -0.25) is 14.4 Å². The van der Waals surface area contributed by atoms with E-state index < -0.39 is 6.10 Å². The second kappa shape index (κ2) is 51.7. The fourth-order valence-corrected chi connectivity index (χ4v) is 7.49. The SMILES string of the molecule is CC/C=C\C/C=C\C/C=C\C/C=C\CCCCCCCCC(=O)OCC(COC(=O)CCCCCCC/C=C\CCC)OC(=O)CCCCCCCCCCCCCCCCCC. The van der Waals surface area contributed by atoms with E-state index in [0.29, 0.717) is 19.3 Å². The smallest absolute Gasteiger partial charge is 0.306 e. The van der Waals surface area contributed by atoms with E-state index in [1.54, 1.807) is 0 Å². The van der Waals surface area contributed by atoms with Gasteiger partial charge in [0, 0.05) is 19.3 Å². The quantitative estimate of drug-likeness (QED) is 0.0262. The number of unbranched alkanes of at least 4 members (excludes halogenated alkanes) is 27. The number of ether oxygens (including phenoxy) is 3. The molecule has 0 spiro atoms. The predicted molar refractivity (Wildman–Crippen MR) is 270 cm³/mol. The second-order valence-corrected chi connectivity index (χ2v) is 17.8. The number of rotatable bonds is 48. The summed E-state index contributed by atoms with van der Waals surface area (Å²) in [6.45, 7) is 6.46. The van der Waals surface area contributed by atoms with E-state index in [4.69, 9.17) is 14.2 Å². The Balaban J connectivity index is 4.34. The first-order chi connectivity index (χ1) is 31.0. The van der Waals surface area contributed by atoms with Crippen molar-refractivity contribution in [1.82, 2.24) is 0 Å². The van der Waals surface area contributed by atoms with Gasteiger partial charge >= 0.3 is 17.9 Å². The third-order valence-corrected chi connectivity index (χ3v) is 11.5. The Morgan fingerprint density at radius 2 is 0.651 bits per heavy atom. The van der Waals surface area contributed by atoms with Crippen LogP contribution in [-0.2, 0) is 28.6 Å². The molecule has 0 aliphatic rings. The van der Waals surface area contributed by atoms with Crippen molar-refractivity contribution in [3.8, 4) is 0 Å². The first kappa shape index (κ1) is 60.1. The molecule has 0 saturated heterocycles. The zero-order valence-electron chi connectivity index (χ0n) is 41.6.